The quantitative estimate of drug-likeness (QED) is 0.139. The summed E-state index contributed by atoms with van der Waals surface area (Å²) in [5.41, 5.74) is 28.9. The Labute approximate surface area is 435 Å². The molecule has 0 saturated heterocycles. The van der Waals surface area contributed by atoms with Crippen LogP contribution in [-0.2, 0) is 5.41 Å². The number of hydrogen-bond acceptors (Lipinski definition) is 1. The van der Waals surface area contributed by atoms with Crippen molar-refractivity contribution in [3.05, 3.63) is 306 Å². The average Bonchev–Trinajstić information content (AvgIpc) is 3.98. The summed E-state index contributed by atoms with van der Waals surface area (Å²) in [6, 6.07) is 92.2. The highest BCUT2D eigenvalue weighted by molar-refractivity contribution is 5.98. The maximum absolute atomic E-state index is 2.55. The molecule has 4 aliphatic carbocycles. The summed E-state index contributed by atoms with van der Waals surface area (Å²) >= 11 is 0. The molecule has 0 heterocycles. The fourth-order valence-corrected chi connectivity index (χ4v) is 12.6. The molecule has 0 N–H and O–H groups in total. The molecule has 0 aromatic heterocycles. The highest BCUT2D eigenvalue weighted by Crippen LogP contribution is 2.64. The summed E-state index contributed by atoms with van der Waals surface area (Å²) in [5.74, 6) is 0. The van der Waals surface area contributed by atoms with Crippen molar-refractivity contribution in [2.24, 2.45) is 0 Å². The fraction of sp³-hybridized carbons (Fsp3) is 0.0685. The van der Waals surface area contributed by atoms with E-state index in [1.54, 1.807) is 0 Å². The number of fused-ring (bicyclic) bond motifs is 8. The first-order valence-corrected chi connectivity index (χ1v) is 26.3. The maximum atomic E-state index is 2.55. The van der Waals surface area contributed by atoms with Gasteiger partial charge >= 0.3 is 0 Å². The van der Waals surface area contributed by atoms with Crippen molar-refractivity contribution < 1.29 is 0 Å². The lowest BCUT2D eigenvalue weighted by Crippen LogP contribution is -2.28. The van der Waals surface area contributed by atoms with E-state index >= 15 is 0 Å². The number of nitrogens with zero attached hydrogens (tertiary/aromatic N) is 1. The number of benzene rings is 10. The zero-order valence-corrected chi connectivity index (χ0v) is 41.3. The largest absolute Gasteiger partial charge is 0.310 e. The monoisotopic (exact) mass is 943 g/mol. The van der Waals surface area contributed by atoms with Gasteiger partial charge in [-0.2, -0.15) is 0 Å². The van der Waals surface area contributed by atoms with Crippen LogP contribution in [0, 0.1) is 0 Å². The summed E-state index contributed by atoms with van der Waals surface area (Å²) in [6.07, 6.45) is 14.0. The van der Waals surface area contributed by atoms with Crippen molar-refractivity contribution in [2.45, 2.75) is 31.1 Å². The Morgan fingerprint density at radius 2 is 0.608 bits per heavy atom. The number of hydrogen-bond donors (Lipinski definition) is 0. The third-order valence-electron chi connectivity index (χ3n) is 16.0. The Morgan fingerprint density at radius 1 is 0.270 bits per heavy atom. The van der Waals surface area contributed by atoms with Gasteiger partial charge in [0.2, 0.25) is 0 Å². The van der Waals surface area contributed by atoms with Gasteiger partial charge in [0.15, 0.2) is 0 Å². The second-order valence-corrected chi connectivity index (χ2v) is 20.2. The van der Waals surface area contributed by atoms with Gasteiger partial charge in [0, 0.05) is 17.1 Å². The molecule has 1 atom stereocenters. The molecular formula is C73H53N. The topological polar surface area (TPSA) is 3.24 Å². The predicted molar refractivity (Wildman–Crippen MR) is 312 cm³/mol. The lowest BCUT2D eigenvalue weighted by molar-refractivity contribution is 0.768. The van der Waals surface area contributed by atoms with E-state index in [1.807, 2.05) is 0 Å². The molecule has 1 heteroatoms. The summed E-state index contributed by atoms with van der Waals surface area (Å²) < 4.78 is 0. The Kier molecular flexibility index (Phi) is 10.8. The van der Waals surface area contributed by atoms with Crippen LogP contribution in [0.1, 0.15) is 47.9 Å². The molecule has 1 unspecified atom stereocenters. The normalized spacial score (nSPS) is 16.0. The summed E-state index contributed by atoms with van der Waals surface area (Å²) in [7, 11) is 0. The molecule has 1 spiro atoms. The van der Waals surface area contributed by atoms with Gasteiger partial charge in [0.1, 0.15) is 0 Å². The van der Waals surface area contributed by atoms with Crippen LogP contribution >= 0.6 is 0 Å². The standard InChI is InChI=1S/C73H53N/c1-5-19-50(20-6-1)56-43-57(51-21-7-2-8-22-51)46-60(45-56)54-33-37-62(38-34-54)74(63-39-35-55(36-40-63)61-47-58(52-23-9-3-10-24-52)44-59(48-61)53-25-11-4-12-26-53)64-41-42-68-67-29-15-18-32-71(67)73(72(68)49-64)69-30-16-13-27-65(69)66-28-14-17-31-70(66)73/h1-13,16-27,30-49H,14-15,28-29H2. The van der Waals surface area contributed by atoms with Gasteiger partial charge in [-0.15, -0.1) is 0 Å². The SMILES string of the molecule is C1=CC2=C(CC1)c1ccccc1C21C2=C(CCC=C2)c2ccc(N(c3ccc(-c4cc(-c5ccccc5)cc(-c5ccccc5)c4)cc3)c3ccc(-c4cc(-c5ccccc5)cc(-c5ccccc5)c4)cc3)cc21. The highest BCUT2D eigenvalue weighted by atomic mass is 15.1. The van der Waals surface area contributed by atoms with Crippen LogP contribution in [0.25, 0.3) is 77.9 Å². The van der Waals surface area contributed by atoms with Gasteiger partial charge in [-0.25, -0.2) is 0 Å². The van der Waals surface area contributed by atoms with Crippen LogP contribution in [-0.4, -0.2) is 0 Å². The molecule has 14 rings (SSSR count). The first kappa shape index (κ1) is 43.7. The molecule has 0 saturated carbocycles. The van der Waals surface area contributed by atoms with Crippen molar-refractivity contribution in [3.8, 4) is 66.8 Å². The van der Waals surface area contributed by atoms with Crippen LogP contribution in [0.3, 0.4) is 0 Å². The van der Waals surface area contributed by atoms with E-state index in [2.05, 4.69) is 278 Å². The fourth-order valence-electron chi connectivity index (χ4n) is 12.6. The van der Waals surface area contributed by atoms with Gasteiger partial charge in [0.25, 0.3) is 0 Å². The van der Waals surface area contributed by atoms with Crippen LogP contribution in [0.4, 0.5) is 17.1 Å². The molecule has 4 aliphatic rings. The number of rotatable bonds is 9. The molecule has 74 heavy (non-hydrogen) atoms. The number of allylic oxidation sites excluding steroid dienone is 8. The number of anilines is 3. The van der Waals surface area contributed by atoms with E-state index in [0.717, 1.165) is 42.7 Å². The van der Waals surface area contributed by atoms with Crippen molar-refractivity contribution in [3.63, 3.8) is 0 Å². The maximum Gasteiger partial charge on any atom is 0.0719 e. The summed E-state index contributed by atoms with van der Waals surface area (Å²) in [5, 5.41) is 0. The zero-order valence-electron chi connectivity index (χ0n) is 41.3. The Bertz CT molecular complexity index is 3600. The van der Waals surface area contributed by atoms with E-state index in [0.29, 0.717) is 0 Å². The average molecular weight is 944 g/mol. The molecule has 1 nitrogen and oxygen atoms in total. The molecule has 0 radical (unpaired) electrons. The Hall–Kier alpha value is -9.04. The molecule has 350 valence electrons. The smallest absolute Gasteiger partial charge is 0.0719 e. The van der Waals surface area contributed by atoms with Crippen molar-refractivity contribution in [1.82, 2.24) is 0 Å². The Morgan fingerprint density at radius 3 is 1.01 bits per heavy atom. The van der Waals surface area contributed by atoms with Gasteiger partial charge in [-0.3, -0.25) is 0 Å². The van der Waals surface area contributed by atoms with E-state index in [4.69, 9.17) is 0 Å². The molecule has 0 bridgehead atoms. The molecular weight excluding hydrogens is 891 g/mol. The first-order chi connectivity index (χ1) is 36.7. The van der Waals surface area contributed by atoms with Gasteiger partial charge in [-0.1, -0.05) is 200 Å². The van der Waals surface area contributed by atoms with Gasteiger partial charge < -0.3 is 4.90 Å². The van der Waals surface area contributed by atoms with Crippen LogP contribution in [0.5, 0.6) is 0 Å². The minimum atomic E-state index is -0.361. The second kappa shape index (κ2) is 18.2. The lowest BCUT2D eigenvalue weighted by Gasteiger charge is -2.35. The second-order valence-electron chi connectivity index (χ2n) is 20.2. The summed E-state index contributed by atoms with van der Waals surface area (Å²) in [6.45, 7) is 0. The Balaban J connectivity index is 0.924. The molecule has 0 amide bonds. The van der Waals surface area contributed by atoms with Gasteiger partial charge in [0.05, 0.1) is 5.41 Å². The molecule has 0 fully saturated rings. The minimum Gasteiger partial charge on any atom is -0.310 e. The highest BCUT2D eigenvalue weighted by Gasteiger charge is 2.53. The molecule has 0 aliphatic heterocycles. The van der Waals surface area contributed by atoms with Crippen LogP contribution in [0.2, 0.25) is 0 Å². The summed E-state index contributed by atoms with van der Waals surface area (Å²) in [4.78, 5) is 2.48. The third kappa shape index (κ3) is 7.38. The minimum absolute atomic E-state index is 0.361. The van der Waals surface area contributed by atoms with E-state index < -0.39 is 0 Å². The van der Waals surface area contributed by atoms with E-state index in [1.165, 1.54) is 111 Å². The van der Waals surface area contributed by atoms with Crippen LogP contribution in [0.15, 0.2) is 284 Å². The van der Waals surface area contributed by atoms with Crippen molar-refractivity contribution in [2.75, 3.05) is 4.90 Å². The molecule has 10 aromatic rings. The third-order valence-corrected chi connectivity index (χ3v) is 16.0. The zero-order chi connectivity index (χ0) is 49.0. The molecule has 10 aromatic carbocycles. The first-order valence-electron chi connectivity index (χ1n) is 26.3. The van der Waals surface area contributed by atoms with Crippen LogP contribution < -0.4 is 4.90 Å². The predicted octanol–water partition coefficient (Wildman–Crippen LogP) is 19.7. The van der Waals surface area contributed by atoms with E-state index in [9.17, 15) is 0 Å². The van der Waals surface area contributed by atoms with Crippen molar-refractivity contribution >= 4 is 28.2 Å². The van der Waals surface area contributed by atoms with Crippen molar-refractivity contribution in [1.29, 1.82) is 0 Å². The van der Waals surface area contributed by atoms with Gasteiger partial charge in [-0.05, 0) is 210 Å². The van der Waals surface area contributed by atoms with E-state index in [-0.39, 0.29) is 5.41 Å². The lowest BCUT2D eigenvalue weighted by atomic mass is 9.67.